The van der Waals surface area contributed by atoms with Crippen molar-refractivity contribution in [2.24, 2.45) is 11.7 Å². The minimum absolute atomic E-state index is 0.227. The number of carbonyl (C=O) groups is 2. The third-order valence-electron chi connectivity index (χ3n) is 3.19. The van der Waals surface area contributed by atoms with Crippen molar-refractivity contribution in [3.05, 3.63) is 12.2 Å². The van der Waals surface area contributed by atoms with Crippen molar-refractivity contribution in [2.45, 2.75) is 25.3 Å². The summed E-state index contributed by atoms with van der Waals surface area (Å²) in [6.07, 6.45) is 4.76. The molecule has 0 radical (unpaired) electrons. The van der Waals surface area contributed by atoms with Gasteiger partial charge >= 0.3 is 0 Å². The summed E-state index contributed by atoms with van der Waals surface area (Å²) in [5.41, 5.74) is 5.20. The minimum Gasteiger partial charge on any atom is -0.328 e. The summed E-state index contributed by atoms with van der Waals surface area (Å²) in [5.74, 6) is -0.0648. The summed E-state index contributed by atoms with van der Waals surface area (Å²) in [7, 11) is 0. The van der Waals surface area contributed by atoms with Crippen LogP contribution in [-0.4, -0.2) is 28.8 Å². The Morgan fingerprint density at radius 1 is 1.43 bits per heavy atom. The Kier molecular flexibility index (Phi) is 1.96. The minimum atomic E-state index is -0.475. The van der Waals surface area contributed by atoms with Crippen LogP contribution in [0.5, 0.6) is 0 Å². The number of hydrogen-bond donors (Lipinski definition) is 1. The molecule has 2 aliphatic rings. The molecule has 1 unspecified atom stereocenters. The van der Waals surface area contributed by atoms with E-state index in [2.05, 4.69) is 0 Å². The van der Waals surface area contributed by atoms with E-state index >= 15 is 0 Å². The van der Waals surface area contributed by atoms with Crippen molar-refractivity contribution >= 4 is 11.8 Å². The molecule has 2 amide bonds. The van der Waals surface area contributed by atoms with Crippen molar-refractivity contribution < 1.29 is 9.59 Å². The lowest BCUT2D eigenvalue weighted by Gasteiger charge is -2.36. The SMILES string of the molecule is CC(CN)(C1CC1)N1C(=O)C=CC1=O. The summed E-state index contributed by atoms with van der Waals surface area (Å²) in [6.45, 7) is 2.24. The molecule has 0 aromatic carbocycles. The topological polar surface area (TPSA) is 63.4 Å². The predicted molar refractivity (Wildman–Crippen MR) is 51.2 cm³/mol. The molecule has 2 rings (SSSR count). The first-order valence-corrected chi connectivity index (χ1v) is 4.86. The molecule has 1 heterocycles. The number of hydrogen-bond acceptors (Lipinski definition) is 3. The van der Waals surface area contributed by atoms with E-state index in [1.807, 2.05) is 6.92 Å². The van der Waals surface area contributed by atoms with Gasteiger partial charge in [-0.05, 0) is 25.7 Å². The van der Waals surface area contributed by atoms with E-state index in [0.717, 1.165) is 12.8 Å². The zero-order valence-electron chi connectivity index (χ0n) is 8.19. The smallest absolute Gasteiger partial charge is 0.254 e. The van der Waals surface area contributed by atoms with Crippen molar-refractivity contribution in [3.63, 3.8) is 0 Å². The summed E-state index contributed by atoms with van der Waals surface area (Å²) in [4.78, 5) is 24.3. The van der Waals surface area contributed by atoms with Crippen LogP contribution in [0.3, 0.4) is 0 Å². The fourth-order valence-corrected chi connectivity index (χ4v) is 2.05. The quantitative estimate of drug-likeness (QED) is 0.645. The zero-order valence-corrected chi connectivity index (χ0v) is 8.19. The second-order valence-corrected chi connectivity index (χ2v) is 4.18. The van der Waals surface area contributed by atoms with E-state index < -0.39 is 5.54 Å². The Balaban J connectivity index is 2.27. The molecule has 1 aliphatic heterocycles. The maximum Gasteiger partial charge on any atom is 0.254 e. The van der Waals surface area contributed by atoms with Gasteiger partial charge in [-0.1, -0.05) is 0 Å². The van der Waals surface area contributed by atoms with Crippen LogP contribution in [0.25, 0.3) is 0 Å². The van der Waals surface area contributed by atoms with Gasteiger partial charge in [-0.2, -0.15) is 0 Å². The van der Waals surface area contributed by atoms with Gasteiger partial charge in [0.25, 0.3) is 11.8 Å². The van der Waals surface area contributed by atoms with Crippen LogP contribution >= 0.6 is 0 Å². The lowest BCUT2D eigenvalue weighted by Crippen LogP contribution is -2.56. The molecule has 1 saturated carbocycles. The zero-order chi connectivity index (χ0) is 10.3. The van der Waals surface area contributed by atoms with Gasteiger partial charge in [-0.15, -0.1) is 0 Å². The summed E-state index contributed by atoms with van der Waals surface area (Å²) in [5, 5.41) is 0. The van der Waals surface area contributed by atoms with Gasteiger partial charge < -0.3 is 5.73 Å². The van der Waals surface area contributed by atoms with Crippen LogP contribution in [0, 0.1) is 5.92 Å². The van der Waals surface area contributed by atoms with Gasteiger partial charge in [0.2, 0.25) is 0 Å². The molecular formula is C10H14N2O2. The number of nitrogens with zero attached hydrogens (tertiary/aromatic N) is 1. The highest BCUT2D eigenvalue weighted by molar-refractivity contribution is 6.13. The van der Waals surface area contributed by atoms with Crippen molar-refractivity contribution in [3.8, 4) is 0 Å². The number of imide groups is 1. The molecule has 0 spiro atoms. The predicted octanol–water partition coefficient (Wildman–Crippen LogP) is 0.0388. The van der Waals surface area contributed by atoms with E-state index in [4.69, 9.17) is 5.73 Å². The highest BCUT2D eigenvalue weighted by Gasteiger charge is 2.49. The van der Waals surface area contributed by atoms with E-state index in [1.165, 1.54) is 17.1 Å². The van der Waals surface area contributed by atoms with Crippen LogP contribution in [0.15, 0.2) is 12.2 Å². The van der Waals surface area contributed by atoms with Crippen molar-refractivity contribution in [2.75, 3.05) is 6.54 Å². The van der Waals surface area contributed by atoms with Crippen molar-refractivity contribution in [1.29, 1.82) is 0 Å². The second kappa shape index (κ2) is 2.92. The standard InChI is InChI=1S/C10H14N2O2/c1-10(6-11,7-2-3-7)12-8(13)4-5-9(12)14/h4-5,7H,2-3,6,11H2,1H3. The summed E-state index contributed by atoms with van der Waals surface area (Å²) < 4.78 is 0. The first-order chi connectivity index (χ1) is 6.59. The molecule has 0 aromatic rings. The Bertz CT molecular complexity index is 302. The molecule has 4 heteroatoms. The maximum atomic E-state index is 11.5. The normalized spacial score (nSPS) is 25.7. The fraction of sp³-hybridized carbons (Fsp3) is 0.600. The second-order valence-electron chi connectivity index (χ2n) is 4.18. The monoisotopic (exact) mass is 194 g/mol. The Morgan fingerprint density at radius 2 is 1.93 bits per heavy atom. The molecule has 1 fully saturated rings. The van der Waals surface area contributed by atoms with Crippen molar-refractivity contribution in [1.82, 2.24) is 4.90 Å². The van der Waals surface area contributed by atoms with Gasteiger partial charge in [-0.25, -0.2) is 0 Å². The van der Waals surface area contributed by atoms with Gasteiger partial charge in [0, 0.05) is 18.7 Å². The third kappa shape index (κ3) is 1.18. The maximum absolute atomic E-state index is 11.5. The third-order valence-corrected chi connectivity index (χ3v) is 3.19. The molecule has 2 N–H and O–H groups in total. The lowest BCUT2D eigenvalue weighted by molar-refractivity contribution is -0.144. The van der Waals surface area contributed by atoms with Gasteiger partial charge in [0.15, 0.2) is 0 Å². The molecular weight excluding hydrogens is 180 g/mol. The molecule has 76 valence electrons. The number of carbonyl (C=O) groups excluding carboxylic acids is 2. The van der Waals surface area contributed by atoms with Gasteiger partial charge in [0.05, 0.1) is 5.54 Å². The van der Waals surface area contributed by atoms with E-state index in [1.54, 1.807) is 0 Å². The van der Waals surface area contributed by atoms with Gasteiger partial charge in [-0.3, -0.25) is 14.5 Å². The molecule has 14 heavy (non-hydrogen) atoms. The average Bonchev–Trinajstić information content (AvgIpc) is 2.94. The van der Waals surface area contributed by atoms with Crippen LogP contribution < -0.4 is 5.73 Å². The fourth-order valence-electron chi connectivity index (χ4n) is 2.05. The Morgan fingerprint density at radius 3 is 2.29 bits per heavy atom. The van der Waals surface area contributed by atoms with E-state index in [9.17, 15) is 9.59 Å². The van der Waals surface area contributed by atoms with E-state index in [0.29, 0.717) is 12.5 Å². The number of rotatable bonds is 3. The largest absolute Gasteiger partial charge is 0.328 e. The average molecular weight is 194 g/mol. The number of amides is 2. The molecule has 1 aliphatic carbocycles. The van der Waals surface area contributed by atoms with Crippen LogP contribution in [0.1, 0.15) is 19.8 Å². The van der Waals surface area contributed by atoms with Crippen LogP contribution in [-0.2, 0) is 9.59 Å². The Labute approximate surface area is 82.7 Å². The van der Waals surface area contributed by atoms with E-state index in [-0.39, 0.29) is 11.8 Å². The van der Waals surface area contributed by atoms with Gasteiger partial charge in [0.1, 0.15) is 0 Å². The molecule has 0 saturated heterocycles. The summed E-state index contributed by atoms with van der Waals surface area (Å²) >= 11 is 0. The summed E-state index contributed by atoms with van der Waals surface area (Å²) in [6, 6.07) is 0. The first-order valence-electron chi connectivity index (χ1n) is 4.86. The molecule has 0 aromatic heterocycles. The molecule has 1 atom stereocenters. The van der Waals surface area contributed by atoms with Crippen LogP contribution in [0.2, 0.25) is 0 Å². The number of nitrogens with two attached hydrogens (primary N) is 1. The lowest BCUT2D eigenvalue weighted by atomic mass is 9.93. The molecule has 4 nitrogen and oxygen atoms in total. The highest BCUT2D eigenvalue weighted by Crippen LogP contribution is 2.43. The molecule has 0 bridgehead atoms. The van der Waals surface area contributed by atoms with Crippen LogP contribution in [0.4, 0.5) is 0 Å². The Hall–Kier alpha value is -1.16. The highest BCUT2D eigenvalue weighted by atomic mass is 16.2. The first kappa shape index (κ1) is 9.40.